The van der Waals surface area contributed by atoms with Crippen molar-refractivity contribution in [2.24, 2.45) is 0 Å². The SMILES string of the molecule is CCC1Cc2cc3c(cc2C(CC)N1CCCCCCC(Sc1ccc(C)cc1)c1ccc(OC)c(OC)c1)OCO3. The van der Waals surface area contributed by atoms with Crippen molar-refractivity contribution < 1.29 is 18.9 Å². The molecule has 2 heterocycles. The van der Waals surface area contributed by atoms with Gasteiger partial charge in [-0.1, -0.05) is 56.9 Å². The van der Waals surface area contributed by atoms with Gasteiger partial charge in [-0.3, -0.25) is 4.90 Å². The molecule has 0 fully saturated rings. The van der Waals surface area contributed by atoms with Crippen molar-refractivity contribution in [1.82, 2.24) is 4.90 Å². The molecule has 0 spiro atoms. The lowest BCUT2D eigenvalue weighted by Crippen LogP contribution is -2.43. The lowest BCUT2D eigenvalue weighted by molar-refractivity contribution is 0.107. The molecule has 5 rings (SSSR count). The maximum atomic E-state index is 5.73. The topological polar surface area (TPSA) is 40.2 Å². The quantitative estimate of drug-likeness (QED) is 0.138. The lowest BCUT2D eigenvalue weighted by atomic mass is 9.85. The van der Waals surface area contributed by atoms with E-state index in [0.717, 1.165) is 48.8 Å². The molecule has 2 aliphatic heterocycles. The summed E-state index contributed by atoms with van der Waals surface area (Å²) in [6.07, 6.45) is 9.47. The van der Waals surface area contributed by atoms with Crippen molar-refractivity contribution in [1.29, 1.82) is 0 Å². The second kappa shape index (κ2) is 14.6. The minimum atomic E-state index is 0.340. The fraction of sp³-hybridized carbons (Fsp3) is 0.500. The van der Waals surface area contributed by atoms with Crippen LogP contribution >= 0.6 is 11.8 Å². The number of aryl methyl sites for hydroxylation is 1. The highest BCUT2D eigenvalue weighted by Crippen LogP contribution is 2.44. The molecule has 6 heteroatoms. The average molecular weight is 590 g/mol. The second-order valence-corrected chi connectivity index (χ2v) is 12.8. The molecule has 3 unspecified atom stereocenters. The summed E-state index contributed by atoms with van der Waals surface area (Å²) in [7, 11) is 3.41. The van der Waals surface area contributed by atoms with Gasteiger partial charge in [0.25, 0.3) is 0 Å². The highest BCUT2D eigenvalue weighted by molar-refractivity contribution is 7.99. The maximum Gasteiger partial charge on any atom is 0.231 e. The Morgan fingerprint density at radius 2 is 1.60 bits per heavy atom. The van der Waals surface area contributed by atoms with Crippen LogP contribution in [-0.4, -0.2) is 38.5 Å². The van der Waals surface area contributed by atoms with Crippen LogP contribution < -0.4 is 18.9 Å². The molecule has 226 valence electrons. The van der Waals surface area contributed by atoms with Crippen LogP contribution in [0.15, 0.2) is 59.5 Å². The number of ether oxygens (including phenoxy) is 4. The Balaban J connectivity index is 1.18. The van der Waals surface area contributed by atoms with Gasteiger partial charge in [-0.15, -0.1) is 11.8 Å². The van der Waals surface area contributed by atoms with Crippen LogP contribution in [0.4, 0.5) is 0 Å². The molecule has 0 N–H and O–H groups in total. The number of hydrogen-bond acceptors (Lipinski definition) is 6. The van der Waals surface area contributed by atoms with Crippen LogP contribution in [-0.2, 0) is 6.42 Å². The van der Waals surface area contributed by atoms with E-state index >= 15 is 0 Å². The first-order valence-corrected chi connectivity index (χ1v) is 16.6. The number of rotatable bonds is 14. The predicted molar refractivity (Wildman–Crippen MR) is 172 cm³/mol. The normalized spacial score (nSPS) is 18.5. The smallest absolute Gasteiger partial charge is 0.231 e. The predicted octanol–water partition coefficient (Wildman–Crippen LogP) is 9.31. The molecule has 3 aromatic rings. The van der Waals surface area contributed by atoms with Crippen molar-refractivity contribution in [2.75, 3.05) is 27.6 Å². The van der Waals surface area contributed by atoms with Gasteiger partial charge < -0.3 is 18.9 Å². The molecule has 0 aliphatic carbocycles. The Hall–Kier alpha value is -2.83. The van der Waals surface area contributed by atoms with Gasteiger partial charge >= 0.3 is 0 Å². The maximum absolute atomic E-state index is 5.73. The van der Waals surface area contributed by atoms with Gasteiger partial charge in [0.1, 0.15) is 0 Å². The first-order chi connectivity index (χ1) is 20.5. The Morgan fingerprint density at radius 1 is 0.857 bits per heavy atom. The summed E-state index contributed by atoms with van der Waals surface area (Å²) in [4.78, 5) is 4.09. The first-order valence-electron chi connectivity index (χ1n) is 15.7. The van der Waals surface area contributed by atoms with Crippen LogP contribution in [0, 0.1) is 6.92 Å². The van der Waals surface area contributed by atoms with Crippen molar-refractivity contribution in [3.8, 4) is 23.0 Å². The molecule has 0 amide bonds. The zero-order chi connectivity index (χ0) is 29.5. The third kappa shape index (κ3) is 7.03. The van der Waals surface area contributed by atoms with Gasteiger partial charge in [0.05, 0.1) is 14.2 Å². The third-order valence-electron chi connectivity index (χ3n) is 8.89. The van der Waals surface area contributed by atoms with E-state index < -0.39 is 0 Å². The summed E-state index contributed by atoms with van der Waals surface area (Å²) < 4.78 is 22.6. The monoisotopic (exact) mass is 589 g/mol. The molecule has 0 bridgehead atoms. The van der Waals surface area contributed by atoms with Gasteiger partial charge in [-0.05, 0) is 98.7 Å². The molecular formula is C36H47NO4S. The molecule has 0 saturated carbocycles. The van der Waals surface area contributed by atoms with Gasteiger partial charge in [0, 0.05) is 22.2 Å². The van der Waals surface area contributed by atoms with E-state index in [1.807, 2.05) is 17.8 Å². The van der Waals surface area contributed by atoms with Gasteiger partial charge in [0.15, 0.2) is 23.0 Å². The Bertz CT molecular complexity index is 1310. The number of benzene rings is 3. The summed E-state index contributed by atoms with van der Waals surface area (Å²) in [6, 6.07) is 20.8. The van der Waals surface area contributed by atoms with Crippen molar-refractivity contribution in [2.45, 2.75) is 94.4 Å². The minimum absolute atomic E-state index is 0.340. The standard InChI is InChI=1S/C36H47NO4S/c1-6-28-20-27-22-34-35(41-24-40-34)23-30(27)31(7-2)37(28)19-11-9-8-10-12-36(42-29-16-13-25(3)14-17-29)26-15-18-32(38-4)33(21-26)39-5/h13-18,21-23,28,31,36H,6-12,19-20,24H2,1-5H3. The van der Waals surface area contributed by atoms with Gasteiger partial charge in [0.2, 0.25) is 6.79 Å². The van der Waals surface area contributed by atoms with E-state index in [2.05, 4.69) is 74.2 Å². The summed E-state index contributed by atoms with van der Waals surface area (Å²) in [5, 5.41) is 0.368. The molecule has 5 nitrogen and oxygen atoms in total. The number of hydrogen-bond donors (Lipinski definition) is 0. The molecule has 3 aromatic carbocycles. The molecule has 42 heavy (non-hydrogen) atoms. The van der Waals surface area contributed by atoms with E-state index in [1.54, 1.807) is 14.2 Å². The largest absolute Gasteiger partial charge is 0.493 e. The minimum Gasteiger partial charge on any atom is -0.493 e. The second-order valence-electron chi connectivity index (χ2n) is 11.6. The van der Waals surface area contributed by atoms with E-state index in [-0.39, 0.29) is 0 Å². The molecule has 0 saturated heterocycles. The molecular weight excluding hydrogens is 542 g/mol. The molecule has 3 atom stereocenters. The van der Waals surface area contributed by atoms with Crippen LogP contribution in [0.1, 0.15) is 92.3 Å². The highest BCUT2D eigenvalue weighted by Gasteiger charge is 2.34. The van der Waals surface area contributed by atoms with Crippen molar-refractivity contribution >= 4 is 11.8 Å². The Labute approximate surface area is 256 Å². The van der Waals surface area contributed by atoms with Crippen LogP contribution in [0.5, 0.6) is 23.0 Å². The average Bonchev–Trinajstić information content (AvgIpc) is 3.48. The number of fused-ring (bicyclic) bond motifs is 2. The van der Waals surface area contributed by atoms with E-state index in [0.29, 0.717) is 24.1 Å². The summed E-state index contributed by atoms with van der Waals surface area (Å²) in [5.41, 5.74) is 5.47. The van der Waals surface area contributed by atoms with Crippen LogP contribution in [0.2, 0.25) is 0 Å². The fourth-order valence-electron chi connectivity index (χ4n) is 6.57. The summed E-state index contributed by atoms with van der Waals surface area (Å²) in [6.45, 7) is 8.30. The number of thioether (sulfide) groups is 1. The Morgan fingerprint density at radius 3 is 2.31 bits per heavy atom. The summed E-state index contributed by atoms with van der Waals surface area (Å²) in [5.74, 6) is 3.41. The van der Waals surface area contributed by atoms with Crippen LogP contribution in [0.25, 0.3) is 0 Å². The van der Waals surface area contributed by atoms with E-state index in [1.165, 1.54) is 59.3 Å². The number of unbranched alkanes of at least 4 members (excludes halogenated alkanes) is 3. The van der Waals surface area contributed by atoms with Gasteiger partial charge in [-0.2, -0.15) is 0 Å². The number of methoxy groups -OCH3 is 2. The molecule has 2 aliphatic rings. The van der Waals surface area contributed by atoms with Crippen LogP contribution in [0.3, 0.4) is 0 Å². The zero-order valence-electron chi connectivity index (χ0n) is 26.0. The third-order valence-corrected chi connectivity index (χ3v) is 10.2. The molecule has 0 radical (unpaired) electrons. The Kier molecular flexibility index (Phi) is 10.6. The van der Waals surface area contributed by atoms with Gasteiger partial charge in [-0.25, -0.2) is 0 Å². The highest BCUT2D eigenvalue weighted by atomic mass is 32.2. The summed E-state index contributed by atoms with van der Waals surface area (Å²) >= 11 is 1.95. The fourth-order valence-corrected chi connectivity index (χ4v) is 7.76. The number of nitrogens with zero attached hydrogens (tertiary/aromatic N) is 1. The van der Waals surface area contributed by atoms with Crippen molar-refractivity contribution in [3.05, 3.63) is 76.9 Å². The zero-order valence-corrected chi connectivity index (χ0v) is 26.8. The lowest BCUT2D eigenvalue weighted by Gasteiger charge is -2.43. The van der Waals surface area contributed by atoms with E-state index in [9.17, 15) is 0 Å². The van der Waals surface area contributed by atoms with E-state index in [4.69, 9.17) is 18.9 Å². The molecule has 0 aromatic heterocycles. The van der Waals surface area contributed by atoms with Crippen molar-refractivity contribution in [3.63, 3.8) is 0 Å². The first kappa shape index (κ1) is 30.6.